The number of rotatable bonds is 10. The summed E-state index contributed by atoms with van der Waals surface area (Å²) in [6.07, 6.45) is -1.62. The second kappa shape index (κ2) is 11.1. The molecule has 0 spiro atoms. The molecule has 2 aromatic carbocycles. The summed E-state index contributed by atoms with van der Waals surface area (Å²) in [6.45, 7) is 0.294. The molecule has 3 aromatic rings. The average Bonchev–Trinajstić information content (AvgIpc) is 3.73. The summed E-state index contributed by atoms with van der Waals surface area (Å²) in [5.74, 6) is -3.29. The largest absolute Gasteiger partial charge is 0.473 e. The van der Waals surface area contributed by atoms with Gasteiger partial charge in [-0.15, -0.1) is 0 Å². The lowest BCUT2D eigenvalue weighted by Gasteiger charge is -2.31. The highest BCUT2D eigenvalue weighted by Gasteiger charge is 2.46. The van der Waals surface area contributed by atoms with E-state index in [2.05, 4.69) is 16.9 Å². The lowest BCUT2D eigenvalue weighted by Crippen LogP contribution is -2.51. The SMILES string of the molecule is CN(Cc1ccc(-c2cc3ncn(CC[C@](C)(CN(O)C(=O)C(F)(F)F)S(C)(=O)=O)c(=O)c3cc2F)cc1)C1CC1. The van der Waals surface area contributed by atoms with Gasteiger partial charge in [0.05, 0.1) is 28.5 Å². The number of amides is 1. The molecule has 1 amide bonds. The highest BCUT2D eigenvalue weighted by atomic mass is 32.2. The number of nitrogens with zero attached hydrogens (tertiary/aromatic N) is 4. The number of halogens is 4. The first-order chi connectivity index (χ1) is 19.0. The highest BCUT2D eigenvalue weighted by molar-refractivity contribution is 7.92. The number of carbonyl (C=O) groups is 1. The summed E-state index contributed by atoms with van der Waals surface area (Å²) in [5.41, 5.74) is 1.43. The lowest BCUT2D eigenvalue weighted by molar-refractivity contribution is -0.216. The standard InChI is InChI=1S/C27H30F4N4O5S/c1-26(41(3,39)40,15-35(38)25(37)27(29,30)31)10-11-34-16-32-23-13-20(22(28)12-21(23)24(34)36)18-6-4-17(5-7-18)14-33(2)19-8-9-19/h4-7,12-13,16,19,38H,8-11,14-15H2,1-3H3/t26-/m1/s1. The first-order valence-corrected chi connectivity index (χ1v) is 14.6. The number of alkyl halides is 3. The van der Waals surface area contributed by atoms with Crippen LogP contribution in [-0.4, -0.2) is 75.9 Å². The molecule has 222 valence electrons. The lowest BCUT2D eigenvalue weighted by atomic mass is 10.0. The molecule has 0 unspecified atom stereocenters. The normalized spacial score (nSPS) is 15.7. The molecule has 41 heavy (non-hydrogen) atoms. The smallest absolute Gasteiger partial charge is 0.299 e. The zero-order valence-corrected chi connectivity index (χ0v) is 23.5. The van der Waals surface area contributed by atoms with Gasteiger partial charge in [0.25, 0.3) is 5.56 Å². The third-order valence-electron chi connectivity index (χ3n) is 7.52. The Morgan fingerprint density at radius 1 is 1.17 bits per heavy atom. The van der Waals surface area contributed by atoms with E-state index in [1.807, 2.05) is 12.1 Å². The van der Waals surface area contributed by atoms with Gasteiger partial charge in [-0.2, -0.15) is 13.2 Å². The summed E-state index contributed by atoms with van der Waals surface area (Å²) in [4.78, 5) is 30.9. The van der Waals surface area contributed by atoms with Gasteiger partial charge in [0, 0.05) is 31.0 Å². The number of carbonyl (C=O) groups excluding carboxylic acids is 1. The molecule has 0 saturated heterocycles. The van der Waals surface area contributed by atoms with Crippen molar-refractivity contribution in [2.24, 2.45) is 0 Å². The number of hydrogen-bond acceptors (Lipinski definition) is 7. The Morgan fingerprint density at radius 2 is 1.80 bits per heavy atom. The molecule has 0 radical (unpaired) electrons. The Bertz CT molecular complexity index is 1620. The first-order valence-electron chi connectivity index (χ1n) is 12.8. The Morgan fingerprint density at radius 3 is 2.37 bits per heavy atom. The van der Waals surface area contributed by atoms with Crippen LogP contribution in [0, 0.1) is 5.82 Å². The molecule has 1 fully saturated rings. The molecule has 9 nitrogen and oxygen atoms in total. The van der Waals surface area contributed by atoms with E-state index in [9.17, 15) is 36.4 Å². The minimum atomic E-state index is -5.41. The van der Waals surface area contributed by atoms with Gasteiger partial charge < -0.3 is 0 Å². The van der Waals surface area contributed by atoms with Crippen molar-refractivity contribution in [3.05, 3.63) is 64.5 Å². The number of benzene rings is 2. The topological polar surface area (TPSA) is 113 Å². The van der Waals surface area contributed by atoms with Crippen LogP contribution in [0.25, 0.3) is 22.0 Å². The monoisotopic (exact) mass is 598 g/mol. The van der Waals surface area contributed by atoms with Gasteiger partial charge in [-0.05, 0) is 56.5 Å². The van der Waals surface area contributed by atoms with Gasteiger partial charge in [-0.3, -0.25) is 24.3 Å². The molecule has 1 aromatic heterocycles. The third kappa shape index (κ3) is 6.76. The van der Waals surface area contributed by atoms with E-state index in [0.717, 1.165) is 42.2 Å². The highest BCUT2D eigenvalue weighted by Crippen LogP contribution is 2.30. The van der Waals surface area contributed by atoms with Gasteiger partial charge in [0.1, 0.15) is 5.82 Å². The molecule has 1 aliphatic rings. The molecule has 0 bridgehead atoms. The van der Waals surface area contributed by atoms with E-state index < -0.39 is 56.1 Å². The van der Waals surface area contributed by atoms with Crippen molar-refractivity contribution in [2.75, 3.05) is 19.8 Å². The molecule has 1 saturated carbocycles. The van der Waals surface area contributed by atoms with Crippen LogP contribution >= 0.6 is 0 Å². The molecule has 4 rings (SSSR count). The maximum Gasteiger partial charge on any atom is 0.473 e. The number of hydrogen-bond donors (Lipinski definition) is 1. The number of aromatic nitrogens is 2. The van der Waals surface area contributed by atoms with Crippen LogP contribution in [0.4, 0.5) is 17.6 Å². The molecule has 1 atom stereocenters. The van der Waals surface area contributed by atoms with Crippen molar-refractivity contribution in [3.8, 4) is 11.1 Å². The first kappa shape index (κ1) is 30.6. The van der Waals surface area contributed by atoms with E-state index in [1.54, 1.807) is 12.1 Å². The predicted octanol–water partition coefficient (Wildman–Crippen LogP) is 3.77. The summed E-state index contributed by atoms with van der Waals surface area (Å²) in [7, 11) is -2.08. The predicted molar refractivity (Wildman–Crippen MR) is 143 cm³/mol. The van der Waals surface area contributed by atoms with Crippen LogP contribution in [0.3, 0.4) is 0 Å². The Balaban J connectivity index is 1.56. The quantitative estimate of drug-likeness (QED) is 0.215. The molecule has 1 N–H and O–H groups in total. The second-order valence-electron chi connectivity index (χ2n) is 10.8. The van der Waals surface area contributed by atoms with E-state index in [-0.39, 0.29) is 23.0 Å². The van der Waals surface area contributed by atoms with Crippen LogP contribution in [0.1, 0.15) is 31.7 Å². The number of aryl methyl sites for hydroxylation is 1. The van der Waals surface area contributed by atoms with Crippen molar-refractivity contribution >= 4 is 26.6 Å². The Hall–Kier alpha value is -3.36. The maximum atomic E-state index is 15.2. The third-order valence-corrected chi connectivity index (χ3v) is 9.64. The molecule has 1 heterocycles. The van der Waals surface area contributed by atoms with Crippen LogP contribution in [0.5, 0.6) is 0 Å². The second-order valence-corrected chi connectivity index (χ2v) is 13.3. The van der Waals surface area contributed by atoms with E-state index in [1.165, 1.54) is 18.9 Å². The van der Waals surface area contributed by atoms with Crippen molar-refractivity contribution in [3.63, 3.8) is 0 Å². The number of hydroxylamine groups is 2. The van der Waals surface area contributed by atoms with Crippen molar-refractivity contribution in [2.45, 2.75) is 56.2 Å². The molecule has 1 aliphatic carbocycles. The van der Waals surface area contributed by atoms with Gasteiger partial charge in [-0.1, -0.05) is 24.3 Å². The summed E-state index contributed by atoms with van der Waals surface area (Å²) in [5, 5.41) is 8.88. The van der Waals surface area contributed by atoms with Crippen LogP contribution < -0.4 is 5.56 Å². The van der Waals surface area contributed by atoms with Gasteiger partial charge >= 0.3 is 12.1 Å². The van der Waals surface area contributed by atoms with Crippen molar-refractivity contribution in [1.29, 1.82) is 0 Å². The van der Waals surface area contributed by atoms with Crippen molar-refractivity contribution in [1.82, 2.24) is 19.5 Å². The van der Waals surface area contributed by atoms with Crippen LogP contribution in [-0.2, 0) is 27.7 Å². The maximum absolute atomic E-state index is 15.2. The minimum Gasteiger partial charge on any atom is -0.299 e. The van der Waals surface area contributed by atoms with E-state index >= 15 is 4.39 Å². The molecule has 0 aliphatic heterocycles. The number of fused-ring (bicyclic) bond motifs is 1. The summed E-state index contributed by atoms with van der Waals surface area (Å²) < 4.78 is 77.0. The fourth-order valence-electron chi connectivity index (χ4n) is 4.56. The van der Waals surface area contributed by atoms with E-state index in [0.29, 0.717) is 11.6 Å². The van der Waals surface area contributed by atoms with E-state index in [4.69, 9.17) is 0 Å². The fraction of sp³-hybridized carbons (Fsp3) is 0.444. The fourth-order valence-corrected chi connectivity index (χ4v) is 5.37. The zero-order chi connectivity index (χ0) is 30.3. The zero-order valence-electron chi connectivity index (χ0n) is 22.7. The molecule has 14 heteroatoms. The summed E-state index contributed by atoms with van der Waals surface area (Å²) >= 11 is 0. The van der Waals surface area contributed by atoms with Gasteiger partial charge in [0.2, 0.25) is 0 Å². The average molecular weight is 599 g/mol. The minimum absolute atomic E-state index is 0.0754. The van der Waals surface area contributed by atoms with Gasteiger partial charge in [-0.25, -0.2) is 22.9 Å². The van der Waals surface area contributed by atoms with Crippen molar-refractivity contribution < 1.29 is 36.0 Å². The molecular formula is C27H30F4N4O5S. The van der Waals surface area contributed by atoms with Crippen LogP contribution in [0.15, 0.2) is 47.5 Å². The Labute approximate surface area is 233 Å². The summed E-state index contributed by atoms with van der Waals surface area (Å²) in [6, 6.07) is 10.5. The number of sulfone groups is 1. The molecular weight excluding hydrogens is 568 g/mol. The van der Waals surface area contributed by atoms with Gasteiger partial charge in [0.15, 0.2) is 9.84 Å². The Kier molecular flexibility index (Phi) is 8.31. The van der Waals surface area contributed by atoms with Crippen LogP contribution in [0.2, 0.25) is 0 Å².